The van der Waals surface area contributed by atoms with E-state index in [1.807, 2.05) is 30.3 Å². The predicted octanol–water partition coefficient (Wildman–Crippen LogP) is 2.01. The number of nitrogens with zero attached hydrogens (tertiary/aromatic N) is 1. The first-order valence-corrected chi connectivity index (χ1v) is 9.48. The van der Waals surface area contributed by atoms with E-state index in [0.717, 1.165) is 24.8 Å². The van der Waals surface area contributed by atoms with Crippen LogP contribution in [0.3, 0.4) is 0 Å². The number of benzene rings is 1. The first-order valence-electron chi connectivity index (χ1n) is 9.48. The van der Waals surface area contributed by atoms with E-state index in [1.54, 1.807) is 4.90 Å². The molecule has 1 saturated heterocycles. The van der Waals surface area contributed by atoms with Crippen molar-refractivity contribution in [2.45, 2.75) is 43.6 Å². The molecule has 1 aromatic rings. The minimum Gasteiger partial charge on any atom is -0.393 e. The summed E-state index contributed by atoms with van der Waals surface area (Å²) in [7, 11) is 0. The van der Waals surface area contributed by atoms with Crippen molar-refractivity contribution in [1.82, 2.24) is 10.2 Å². The molecule has 1 aromatic carbocycles. The highest BCUT2D eigenvalue weighted by Gasteiger charge is 2.43. The number of aliphatic hydroxyl groups excluding tert-OH is 1. The molecule has 1 aliphatic carbocycles. The third-order valence-corrected chi connectivity index (χ3v) is 5.91. The van der Waals surface area contributed by atoms with Crippen LogP contribution in [-0.4, -0.2) is 47.6 Å². The first-order chi connectivity index (χ1) is 12.5. The lowest BCUT2D eigenvalue weighted by Gasteiger charge is -2.41. The van der Waals surface area contributed by atoms with E-state index in [9.17, 15) is 14.7 Å². The minimum atomic E-state index is -0.585. The van der Waals surface area contributed by atoms with Crippen LogP contribution >= 0.6 is 0 Å². The molecule has 3 rings (SSSR count). The highest BCUT2D eigenvalue weighted by atomic mass is 16.3. The van der Waals surface area contributed by atoms with Gasteiger partial charge >= 0.3 is 0 Å². The van der Waals surface area contributed by atoms with Crippen LogP contribution in [0.15, 0.2) is 43.0 Å². The number of rotatable bonds is 6. The topological polar surface area (TPSA) is 69.6 Å². The molecule has 0 bridgehead atoms. The van der Waals surface area contributed by atoms with Crippen LogP contribution < -0.4 is 5.32 Å². The van der Waals surface area contributed by atoms with Crippen molar-refractivity contribution in [2.75, 3.05) is 19.6 Å². The Balaban J connectivity index is 1.67. The molecule has 0 aromatic heterocycles. The standard InChI is InChI=1S/C21H28N2O3/c1-2-19(25)23-12-9-21(10-13-23,17-6-4-3-5-7-17)20(26)22-11-8-16-14-18(24)15-16/h2-7,16,18,24H,1,8-15H2,(H,22,26). The number of hydrogen-bond donors (Lipinski definition) is 2. The number of amides is 2. The third-order valence-electron chi connectivity index (χ3n) is 5.91. The summed E-state index contributed by atoms with van der Waals surface area (Å²) in [5.74, 6) is 0.495. The summed E-state index contributed by atoms with van der Waals surface area (Å²) in [6.07, 6.45) is 5.02. The third kappa shape index (κ3) is 3.83. The zero-order valence-corrected chi connectivity index (χ0v) is 15.2. The number of carbonyl (C=O) groups is 2. The fourth-order valence-electron chi connectivity index (χ4n) is 4.14. The molecule has 0 atom stereocenters. The molecular formula is C21H28N2O3. The van der Waals surface area contributed by atoms with Crippen molar-refractivity contribution < 1.29 is 14.7 Å². The number of piperidine rings is 1. The van der Waals surface area contributed by atoms with Gasteiger partial charge in [0, 0.05) is 19.6 Å². The molecule has 2 N–H and O–H groups in total. The van der Waals surface area contributed by atoms with Crippen molar-refractivity contribution in [3.05, 3.63) is 48.6 Å². The van der Waals surface area contributed by atoms with Gasteiger partial charge in [0.1, 0.15) is 0 Å². The lowest BCUT2D eigenvalue weighted by atomic mass is 9.71. The highest BCUT2D eigenvalue weighted by molar-refractivity contribution is 5.90. The van der Waals surface area contributed by atoms with Gasteiger partial charge in [0.2, 0.25) is 11.8 Å². The van der Waals surface area contributed by atoms with Crippen LogP contribution in [0.25, 0.3) is 0 Å². The average Bonchev–Trinajstić information content (AvgIpc) is 2.66. The fourth-order valence-corrected chi connectivity index (χ4v) is 4.14. The zero-order valence-electron chi connectivity index (χ0n) is 15.2. The molecule has 26 heavy (non-hydrogen) atoms. The van der Waals surface area contributed by atoms with Gasteiger partial charge in [0.05, 0.1) is 11.5 Å². The van der Waals surface area contributed by atoms with E-state index in [-0.39, 0.29) is 17.9 Å². The maximum atomic E-state index is 13.1. The molecule has 2 aliphatic rings. The highest BCUT2D eigenvalue weighted by Crippen LogP contribution is 2.36. The van der Waals surface area contributed by atoms with Gasteiger partial charge in [-0.05, 0) is 49.7 Å². The SMILES string of the molecule is C=CC(=O)N1CCC(C(=O)NCCC2CC(O)C2)(c2ccccc2)CC1. The van der Waals surface area contributed by atoms with Crippen LogP contribution in [0.5, 0.6) is 0 Å². The number of nitrogens with one attached hydrogen (secondary N) is 1. The summed E-state index contributed by atoms with van der Waals surface area (Å²) in [5, 5.41) is 12.5. The second kappa shape index (κ2) is 8.04. The van der Waals surface area contributed by atoms with E-state index in [2.05, 4.69) is 11.9 Å². The van der Waals surface area contributed by atoms with E-state index in [4.69, 9.17) is 0 Å². The monoisotopic (exact) mass is 356 g/mol. The Kier molecular flexibility index (Phi) is 5.77. The van der Waals surface area contributed by atoms with Crippen molar-refractivity contribution in [3.63, 3.8) is 0 Å². The minimum absolute atomic E-state index is 0.0503. The molecule has 5 heteroatoms. The summed E-state index contributed by atoms with van der Waals surface area (Å²) >= 11 is 0. The van der Waals surface area contributed by atoms with Gasteiger partial charge in [0.15, 0.2) is 0 Å². The molecule has 0 unspecified atom stereocenters. The van der Waals surface area contributed by atoms with Gasteiger partial charge in [-0.25, -0.2) is 0 Å². The van der Waals surface area contributed by atoms with Crippen LogP contribution in [0.4, 0.5) is 0 Å². The van der Waals surface area contributed by atoms with E-state index in [0.29, 0.717) is 38.4 Å². The molecule has 1 aliphatic heterocycles. The normalized spacial score (nSPS) is 24.4. The van der Waals surface area contributed by atoms with Crippen LogP contribution in [0, 0.1) is 5.92 Å². The number of hydrogen-bond acceptors (Lipinski definition) is 3. The summed E-state index contributed by atoms with van der Waals surface area (Å²) < 4.78 is 0. The molecule has 1 heterocycles. The Labute approximate surface area is 155 Å². The summed E-state index contributed by atoms with van der Waals surface area (Å²) in [4.78, 5) is 26.8. The average molecular weight is 356 g/mol. The lowest BCUT2D eigenvalue weighted by molar-refractivity contribution is -0.133. The van der Waals surface area contributed by atoms with Gasteiger partial charge in [0.25, 0.3) is 0 Å². The smallest absolute Gasteiger partial charge is 0.245 e. The summed E-state index contributed by atoms with van der Waals surface area (Å²) in [6.45, 7) is 5.31. The Morgan fingerprint density at radius 2 is 1.88 bits per heavy atom. The van der Waals surface area contributed by atoms with Gasteiger partial charge in [-0.1, -0.05) is 36.9 Å². The number of carbonyl (C=O) groups excluding carboxylic acids is 2. The fraction of sp³-hybridized carbons (Fsp3) is 0.524. The molecule has 1 saturated carbocycles. The Morgan fingerprint density at radius 3 is 2.46 bits per heavy atom. The second-order valence-electron chi connectivity index (χ2n) is 7.51. The van der Waals surface area contributed by atoms with Gasteiger partial charge in [-0.15, -0.1) is 0 Å². The van der Waals surface area contributed by atoms with Crippen LogP contribution in [-0.2, 0) is 15.0 Å². The Morgan fingerprint density at radius 1 is 1.23 bits per heavy atom. The van der Waals surface area contributed by atoms with Gasteiger partial charge in [-0.3, -0.25) is 9.59 Å². The van der Waals surface area contributed by atoms with Crippen molar-refractivity contribution in [1.29, 1.82) is 0 Å². The largest absolute Gasteiger partial charge is 0.393 e. The quantitative estimate of drug-likeness (QED) is 0.766. The number of aliphatic hydroxyl groups is 1. The van der Waals surface area contributed by atoms with Gasteiger partial charge in [-0.2, -0.15) is 0 Å². The van der Waals surface area contributed by atoms with Crippen LogP contribution in [0.2, 0.25) is 0 Å². The predicted molar refractivity (Wildman–Crippen MR) is 100 cm³/mol. The lowest BCUT2D eigenvalue weighted by Crippen LogP contribution is -2.53. The second-order valence-corrected chi connectivity index (χ2v) is 7.51. The summed E-state index contributed by atoms with van der Waals surface area (Å²) in [5.41, 5.74) is 0.431. The van der Waals surface area contributed by atoms with Crippen molar-refractivity contribution in [3.8, 4) is 0 Å². The molecule has 0 spiro atoms. The van der Waals surface area contributed by atoms with Gasteiger partial charge < -0.3 is 15.3 Å². The zero-order chi connectivity index (χ0) is 18.6. The van der Waals surface area contributed by atoms with Crippen molar-refractivity contribution >= 4 is 11.8 Å². The first kappa shape index (κ1) is 18.6. The number of likely N-dealkylation sites (tertiary alicyclic amines) is 1. The van der Waals surface area contributed by atoms with Crippen LogP contribution in [0.1, 0.15) is 37.7 Å². The van der Waals surface area contributed by atoms with Crippen molar-refractivity contribution in [2.24, 2.45) is 5.92 Å². The molecule has 0 radical (unpaired) electrons. The van der Waals surface area contributed by atoms with E-state index in [1.165, 1.54) is 6.08 Å². The maximum absolute atomic E-state index is 13.1. The summed E-state index contributed by atoms with van der Waals surface area (Å²) in [6, 6.07) is 9.88. The Bertz CT molecular complexity index is 644. The maximum Gasteiger partial charge on any atom is 0.245 e. The van der Waals surface area contributed by atoms with E-state index < -0.39 is 5.41 Å². The molecule has 2 amide bonds. The Hall–Kier alpha value is -2.14. The molecule has 2 fully saturated rings. The molecule has 140 valence electrons. The van der Waals surface area contributed by atoms with E-state index >= 15 is 0 Å². The molecule has 5 nitrogen and oxygen atoms in total. The molecular weight excluding hydrogens is 328 g/mol.